The summed E-state index contributed by atoms with van der Waals surface area (Å²) in [6, 6.07) is 14.8. The van der Waals surface area contributed by atoms with E-state index in [0.717, 1.165) is 16.7 Å². The maximum absolute atomic E-state index is 12.5. The highest BCUT2D eigenvalue weighted by molar-refractivity contribution is 7.89. The second-order valence-corrected chi connectivity index (χ2v) is 9.28. The van der Waals surface area contributed by atoms with Gasteiger partial charge in [-0.15, -0.1) is 0 Å². The van der Waals surface area contributed by atoms with E-state index in [0.29, 0.717) is 6.54 Å². The number of nitrogens with zero attached hydrogens (tertiary/aromatic N) is 3. The fourth-order valence-electron chi connectivity index (χ4n) is 2.66. The summed E-state index contributed by atoms with van der Waals surface area (Å²) >= 11 is 0. The summed E-state index contributed by atoms with van der Waals surface area (Å²) in [6.07, 6.45) is 3.16. The average molecular weight is 385 g/mol. The van der Waals surface area contributed by atoms with E-state index in [4.69, 9.17) is 0 Å². The molecule has 0 saturated carbocycles. The highest BCUT2D eigenvalue weighted by Crippen LogP contribution is 2.23. The molecule has 6 nitrogen and oxygen atoms in total. The summed E-state index contributed by atoms with van der Waals surface area (Å²) in [7, 11) is -3.54. The first kappa shape index (κ1) is 19.3. The van der Waals surface area contributed by atoms with E-state index < -0.39 is 10.0 Å². The standard InChI is InChI=1S/C20H24N4O2S/c1-20(2,3)18-8-10-19(11-9-18)27(25,26)23-12-16-4-6-17(7-5-16)13-24-15-21-14-22-24/h4-11,14-15,23H,12-13H2,1-3H3. The van der Waals surface area contributed by atoms with Crippen molar-refractivity contribution in [2.75, 3.05) is 0 Å². The molecule has 1 aromatic heterocycles. The van der Waals surface area contributed by atoms with E-state index >= 15 is 0 Å². The van der Waals surface area contributed by atoms with Crippen molar-refractivity contribution in [3.63, 3.8) is 0 Å². The van der Waals surface area contributed by atoms with Gasteiger partial charge in [-0.05, 0) is 34.2 Å². The lowest BCUT2D eigenvalue weighted by Crippen LogP contribution is -2.23. The number of sulfonamides is 1. The predicted molar refractivity (Wildman–Crippen MR) is 105 cm³/mol. The monoisotopic (exact) mass is 384 g/mol. The van der Waals surface area contributed by atoms with E-state index in [1.807, 2.05) is 36.4 Å². The highest BCUT2D eigenvalue weighted by Gasteiger charge is 2.17. The van der Waals surface area contributed by atoms with E-state index in [9.17, 15) is 8.42 Å². The minimum atomic E-state index is -3.54. The van der Waals surface area contributed by atoms with Crippen LogP contribution < -0.4 is 4.72 Å². The second-order valence-electron chi connectivity index (χ2n) is 7.51. The van der Waals surface area contributed by atoms with Gasteiger partial charge in [-0.25, -0.2) is 22.8 Å². The van der Waals surface area contributed by atoms with Crippen LogP contribution in [-0.2, 0) is 28.5 Å². The molecule has 0 atom stereocenters. The molecule has 0 fully saturated rings. The fourth-order valence-corrected chi connectivity index (χ4v) is 3.68. The van der Waals surface area contributed by atoms with Crippen LogP contribution in [0.4, 0.5) is 0 Å². The molecule has 142 valence electrons. The molecule has 3 aromatic rings. The van der Waals surface area contributed by atoms with Crippen LogP contribution in [0.25, 0.3) is 0 Å². The summed E-state index contributed by atoms with van der Waals surface area (Å²) in [4.78, 5) is 4.19. The Balaban J connectivity index is 1.63. The first-order valence-electron chi connectivity index (χ1n) is 8.74. The topological polar surface area (TPSA) is 76.9 Å². The molecule has 0 saturated heterocycles. The summed E-state index contributed by atoms with van der Waals surface area (Å²) in [5.41, 5.74) is 3.06. The van der Waals surface area contributed by atoms with Crippen LogP contribution in [0.5, 0.6) is 0 Å². The van der Waals surface area contributed by atoms with Crippen molar-refractivity contribution in [1.29, 1.82) is 0 Å². The molecule has 27 heavy (non-hydrogen) atoms. The Morgan fingerprint density at radius 3 is 2.15 bits per heavy atom. The van der Waals surface area contributed by atoms with Gasteiger partial charge in [0.15, 0.2) is 0 Å². The Morgan fingerprint density at radius 1 is 0.963 bits per heavy atom. The molecule has 0 amide bonds. The number of benzene rings is 2. The van der Waals surface area contributed by atoms with Crippen molar-refractivity contribution in [2.24, 2.45) is 0 Å². The van der Waals surface area contributed by atoms with Gasteiger partial charge >= 0.3 is 0 Å². The third kappa shape index (κ3) is 5.02. The summed E-state index contributed by atoms with van der Waals surface area (Å²) < 4.78 is 29.4. The Bertz CT molecular complexity index is 972. The van der Waals surface area contributed by atoms with Crippen molar-refractivity contribution in [3.05, 3.63) is 77.9 Å². The zero-order chi connectivity index (χ0) is 19.5. The van der Waals surface area contributed by atoms with Crippen LogP contribution >= 0.6 is 0 Å². The number of aromatic nitrogens is 3. The number of hydrogen-bond acceptors (Lipinski definition) is 4. The van der Waals surface area contributed by atoms with E-state index in [-0.39, 0.29) is 16.9 Å². The van der Waals surface area contributed by atoms with Gasteiger partial charge in [0.25, 0.3) is 0 Å². The van der Waals surface area contributed by atoms with Crippen LogP contribution in [0.1, 0.15) is 37.5 Å². The SMILES string of the molecule is CC(C)(C)c1ccc(S(=O)(=O)NCc2ccc(Cn3cncn3)cc2)cc1. The Kier molecular flexibility index (Phi) is 5.43. The molecule has 0 aliphatic carbocycles. The molecule has 0 spiro atoms. The lowest BCUT2D eigenvalue weighted by Gasteiger charge is -2.19. The van der Waals surface area contributed by atoms with E-state index in [1.165, 1.54) is 6.33 Å². The zero-order valence-corrected chi connectivity index (χ0v) is 16.6. The molecular weight excluding hydrogens is 360 g/mol. The third-order valence-electron chi connectivity index (χ3n) is 4.33. The highest BCUT2D eigenvalue weighted by atomic mass is 32.2. The van der Waals surface area contributed by atoms with Gasteiger partial charge in [-0.3, -0.25) is 0 Å². The third-order valence-corrected chi connectivity index (χ3v) is 5.75. The van der Waals surface area contributed by atoms with Crippen molar-refractivity contribution in [1.82, 2.24) is 19.5 Å². The molecule has 1 heterocycles. The minimum Gasteiger partial charge on any atom is -0.249 e. The first-order valence-corrected chi connectivity index (χ1v) is 10.2. The van der Waals surface area contributed by atoms with Gasteiger partial charge in [0, 0.05) is 6.54 Å². The van der Waals surface area contributed by atoms with Gasteiger partial charge in [0.2, 0.25) is 10.0 Å². The summed E-state index contributed by atoms with van der Waals surface area (Å²) in [5.74, 6) is 0. The van der Waals surface area contributed by atoms with Gasteiger partial charge in [0.05, 0.1) is 11.4 Å². The normalized spacial score (nSPS) is 12.3. The Morgan fingerprint density at radius 2 is 1.59 bits per heavy atom. The molecule has 2 aromatic carbocycles. The van der Waals surface area contributed by atoms with Gasteiger partial charge in [-0.1, -0.05) is 57.2 Å². The van der Waals surface area contributed by atoms with Crippen molar-refractivity contribution >= 4 is 10.0 Å². The van der Waals surface area contributed by atoms with Crippen molar-refractivity contribution < 1.29 is 8.42 Å². The van der Waals surface area contributed by atoms with Crippen LogP contribution in [0.3, 0.4) is 0 Å². The quantitative estimate of drug-likeness (QED) is 0.708. The van der Waals surface area contributed by atoms with Crippen LogP contribution in [-0.4, -0.2) is 23.2 Å². The molecule has 0 radical (unpaired) electrons. The van der Waals surface area contributed by atoms with Crippen molar-refractivity contribution in [3.8, 4) is 0 Å². The zero-order valence-electron chi connectivity index (χ0n) is 15.8. The second kappa shape index (κ2) is 7.62. The van der Waals surface area contributed by atoms with E-state index in [2.05, 4.69) is 35.6 Å². The first-order chi connectivity index (χ1) is 12.7. The number of nitrogens with one attached hydrogen (secondary N) is 1. The number of hydrogen-bond donors (Lipinski definition) is 1. The molecule has 3 rings (SSSR count). The van der Waals surface area contributed by atoms with Gasteiger partial charge < -0.3 is 0 Å². The molecule has 1 N–H and O–H groups in total. The summed E-state index contributed by atoms with van der Waals surface area (Å²) in [5, 5.41) is 4.07. The Hall–Kier alpha value is -2.51. The van der Waals surface area contributed by atoms with E-state index in [1.54, 1.807) is 23.1 Å². The average Bonchev–Trinajstić information content (AvgIpc) is 3.14. The van der Waals surface area contributed by atoms with Crippen LogP contribution in [0.15, 0.2) is 66.1 Å². The molecule has 0 aliphatic heterocycles. The van der Waals surface area contributed by atoms with Gasteiger partial charge in [-0.2, -0.15) is 5.10 Å². The largest absolute Gasteiger partial charge is 0.249 e. The fraction of sp³-hybridized carbons (Fsp3) is 0.300. The van der Waals surface area contributed by atoms with Crippen molar-refractivity contribution in [2.45, 2.75) is 44.2 Å². The lowest BCUT2D eigenvalue weighted by molar-refractivity contribution is 0.578. The Labute approximate surface area is 160 Å². The molecule has 0 unspecified atom stereocenters. The predicted octanol–water partition coefficient (Wildman–Crippen LogP) is 3.10. The van der Waals surface area contributed by atoms with Crippen LogP contribution in [0.2, 0.25) is 0 Å². The maximum atomic E-state index is 12.5. The molecule has 0 aliphatic rings. The lowest BCUT2D eigenvalue weighted by atomic mass is 9.87. The molecule has 7 heteroatoms. The molecular formula is C20H24N4O2S. The smallest absolute Gasteiger partial charge is 0.240 e. The van der Waals surface area contributed by atoms with Gasteiger partial charge in [0.1, 0.15) is 12.7 Å². The maximum Gasteiger partial charge on any atom is 0.240 e. The van der Waals surface area contributed by atoms with Crippen LogP contribution in [0, 0.1) is 0 Å². The molecule has 0 bridgehead atoms. The minimum absolute atomic E-state index is 0.0102. The summed E-state index contributed by atoms with van der Waals surface area (Å²) in [6.45, 7) is 7.17. The number of rotatable bonds is 6.